The number of hydrogen-bond donors (Lipinski definition) is 2. The van der Waals surface area contributed by atoms with Crippen molar-refractivity contribution < 1.29 is 24.5 Å². The number of ether oxygens (including phenoxy) is 2. The first kappa shape index (κ1) is 24.3. The summed E-state index contributed by atoms with van der Waals surface area (Å²) in [5.41, 5.74) is 1.46. The Labute approximate surface area is 181 Å². The molecule has 168 valence electrons. The number of fused-ring (bicyclic) bond motifs is 1. The molecule has 2 rings (SSSR count). The number of rotatable bonds is 16. The second-order valence-corrected chi connectivity index (χ2v) is 8.19. The Morgan fingerprint density at radius 1 is 0.867 bits per heavy atom. The van der Waals surface area contributed by atoms with Gasteiger partial charge in [-0.3, -0.25) is 0 Å². The molecule has 0 spiro atoms. The van der Waals surface area contributed by atoms with E-state index in [9.17, 15) is 15.0 Å². The zero-order valence-corrected chi connectivity index (χ0v) is 18.5. The Morgan fingerprint density at radius 3 is 2.07 bits per heavy atom. The van der Waals surface area contributed by atoms with Crippen molar-refractivity contribution in [2.75, 3.05) is 13.2 Å². The lowest BCUT2D eigenvalue weighted by molar-refractivity contribution is -0.141. The summed E-state index contributed by atoms with van der Waals surface area (Å²) in [6.07, 6.45) is 17.8. The van der Waals surface area contributed by atoms with Gasteiger partial charge in [-0.2, -0.15) is 0 Å². The summed E-state index contributed by atoms with van der Waals surface area (Å²) < 4.78 is 10.8. The van der Waals surface area contributed by atoms with Crippen LogP contribution < -0.4 is 0 Å². The van der Waals surface area contributed by atoms with Crippen molar-refractivity contribution in [1.29, 1.82) is 0 Å². The van der Waals surface area contributed by atoms with Crippen molar-refractivity contribution in [3.05, 3.63) is 29.3 Å². The maximum Gasteiger partial charge on any atom is 0.337 e. The van der Waals surface area contributed by atoms with Gasteiger partial charge in [0, 0.05) is 12.2 Å². The molecule has 1 aromatic rings. The van der Waals surface area contributed by atoms with Crippen molar-refractivity contribution in [1.82, 2.24) is 0 Å². The van der Waals surface area contributed by atoms with Gasteiger partial charge in [-0.25, -0.2) is 4.79 Å². The van der Waals surface area contributed by atoms with Crippen LogP contribution in [-0.2, 0) is 20.7 Å². The standard InChI is InChI=1S/C25H38O5/c1-2-3-4-5-6-7-8-9-10-11-12-13-16-29-19-25(28)30-24-15-14-20-17-22(26)23(27)18-21(20)24/h15,17-18,26-27H,2-14,16,19H2,1H3. The van der Waals surface area contributed by atoms with E-state index in [1.54, 1.807) is 6.08 Å². The molecule has 2 N–H and O–H groups in total. The molecule has 0 bridgehead atoms. The molecule has 0 fully saturated rings. The highest BCUT2D eigenvalue weighted by atomic mass is 16.6. The molecule has 30 heavy (non-hydrogen) atoms. The van der Waals surface area contributed by atoms with Crippen LogP contribution in [0.25, 0.3) is 5.76 Å². The smallest absolute Gasteiger partial charge is 0.337 e. The molecule has 0 aliphatic heterocycles. The van der Waals surface area contributed by atoms with E-state index in [0.29, 0.717) is 24.4 Å². The summed E-state index contributed by atoms with van der Waals surface area (Å²) in [6.45, 7) is 2.75. The Hall–Kier alpha value is -2.01. The number of phenolic OH excluding ortho intramolecular Hbond substituents is 2. The van der Waals surface area contributed by atoms with E-state index in [1.165, 1.54) is 76.3 Å². The van der Waals surface area contributed by atoms with E-state index in [4.69, 9.17) is 9.47 Å². The number of carbonyl (C=O) groups excluding carboxylic acids is 1. The van der Waals surface area contributed by atoms with Gasteiger partial charge in [0.05, 0.1) is 0 Å². The molecule has 0 saturated heterocycles. The van der Waals surface area contributed by atoms with E-state index < -0.39 is 5.97 Å². The quantitative estimate of drug-likeness (QED) is 0.188. The lowest BCUT2D eigenvalue weighted by Gasteiger charge is -2.09. The van der Waals surface area contributed by atoms with Crippen molar-refractivity contribution in [3.8, 4) is 11.5 Å². The fourth-order valence-corrected chi connectivity index (χ4v) is 3.78. The topological polar surface area (TPSA) is 76.0 Å². The van der Waals surface area contributed by atoms with Gasteiger partial charge in [0.25, 0.3) is 0 Å². The van der Waals surface area contributed by atoms with Crippen LogP contribution in [0.3, 0.4) is 0 Å². The monoisotopic (exact) mass is 418 g/mol. The van der Waals surface area contributed by atoms with E-state index in [1.807, 2.05) is 0 Å². The molecular weight excluding hydrogens is 380 g/mol. The fraction of sp³-hybridized carbons (Fsp3) is 0.640. The van der Waals surface area contributed by atoms with Gasteiger partial charge < -0.3 is 19.7 Å². The molecule has 1 aliphatic rings. The SMILES string of the molecule is CCCCCCCCCCCCCCOCC(=O)OC1=CCc2cc(O)c(O)cc21. The van der Waals surface area contributed by atoms with Crippen molar-refractivity contribution in [2.45, 2.75) is 90.4 Å². The average Bonchev–Trinajstić information content (AvgIpc) is 3.10. The summed E-state index contributed by atoms with van der Waals surface area (Å²) in [7, 11) is 0. The molecular formula is C25H38O5. The van der Waals surface area contributed by atoms with Gasteiger partial charge >= 0.3 is 5.97 Å². The van der Waals surface area contributed by atoms with Crippen LogP contribution >= 0.6 is 0 Å². The number of allylic oxidation sites excluding steroid dienone is 1. The summed E-state index contributed by atoms with van der Waals surface area (Å²) in [5, 5.41) is 19.2. The maximum absolute atomic E-state index is 12.0. The Kier molecular flexibility index (Phi) is 11.4. The van der Waals surface area contributed by atoms with Crippen molar-refractivity contribution >= 4 is 11.7 Å². The minimum Gasteiger partial charge on any atom is -0.504 e. The molecule has 1 aliphatic carbocycles. The number of phenols is 2. The highest BCUT2D eigenvalue weighted by Gasteiger charge is 2.20. The Balaban J connectivity index is 1.44. The van der Waals surface area contributed by atoms with E-state index in [0.717, 1.165) is 18.4 Å². The number of aromatic hydroxyl groups is 2. The second-order valence-electron chi connectivity index (χ2n) is 8.19. The predicted octanol–water partition coefficient (Wildman–Crippen LogP) is 6.26. The van der Waals surface area contributed by atoms with Crippen LogP contribution in [-0.4, -0.2) is 29.4 Å². The Bertz CT molecular complexity index is 680. The molecule has 0 atom stereocenters. The van der Waals surface area contributed by atoms with Crippen LogP contribution in [0.1, 0.15) is 95.1 Å². The fourth-order valence-electron chi connectivity index (χ4n) is 3.78. The molecule has 1 aromatic carbocycles. The number of carbonyl (C=O) groups is 1. The highest BCUT2D eigenvalue weighted by molar-refractivity contribution is 5.82. The third kappa shape index (κ3) is 8.78. The zero-order chi connectivity index (χ0) is 21.6. The zero-order valence-electron chi connectivity index (χ0n) is 18.5. The molecule has 5 nitrogen and oxygen atoms in total. The van der Waals surface area contributed by atoms with Gasteiger partial charge in [0.1, 0.15) is 12.4 Å². The van der Waals surface area contributed by atoms with Crippen molar-refractivity contribution in [3.63, 3.8) is 0 Å². The third-order valence-electron chi connectivity index (χ3n) is 5.56. The molecule has 0 unspecified atom stereocenters. The van der Waals surface area contributed by atoms with Gasteiger partial charge in [0.2, 0.25) is 0 Å². The van der Waals surface area contributed by atoms with Crippen LogP contribution in [0.2, 0.25) is 0 Å². The number of esters is 1. The van der Waals surface area contributed by atoms with Crippen LogP contribution in [0.4, 0.5) is 0 Å². The van der Waals surface area contributed by atoms with Crippen LogP contribution in [0, 0.1) is 0 Å². The number of hydrogen-bond acceptors (Lipinski definition) is 5. The second kappa shape index (κ2) is 14.1. The number of unbranched alkanes of at least 4 members (excludes halogenated alkanes) is 11. The minimum absolute atomic E-state index is 0.0746. The van der Waals surface area contributed by atoms with Crippen LogP contribution in [0.5, 0.6) is 11.5 Å². The molecule has 5 heteroatoms. The molecule has 0 saturated carbocycles. The lowest BCUT2D eigenvalue weighted by atomic mass is 10.1. The lowest BCUT2D eigenvalue weighted by Crippen LogP contribution is -2.12. The minimum atomic E-state index is -0.444. The first-order valence-corrected chi connectivity index (χ1v) is 11.7. The first-order chi connectivity index (χ1) is 14.6. The summed E-state index contributed by atoms with van der Waals surface area (Å²) in [6, 6.07) is 2.91. The summed E-state index contributed by atoms with van der Waals surface area (Å²) in [5.74, 6) is -0.416. The van der Waals surface area contributed by atoms with Crippen LogP contribution in [0.15, 0.2) is 18.2 Å². The first-order valence-electron chi connectivity index (χ1n) is 11.7. The molecule has 0 radical (unpaired) electrons. The van der Waals surface area contributed by atoms with Gasteiger partial charge in [-0.1, -0.05) is 77.6 Å². The van der Waals surface area contributed by atoms with Gasteiger partial charge in [-0.05, 0) is 36.6 Å². The third-order valence-corrected chi connectivity index (χ3v) is 5.56. The molecule has 0 aromatic heterocycles. The van der Waals surface area contributed by atoms with E-state index in [2.05, 4.69) is 6.92 Å². The molecule has 0 amide bonds. The number of benzene rings is 1. The predicted molar refractivity (Wildman–Crippen MR) is 119 cm³/mol. The van der Waals surface area contributed by atoms with Crippen molar-refractivity contribution in [2.24, 2.45) is 0 Å². The average molecular weight is 419 g/mol. The highest BCUT2D eigenvalue weighted by Crippen LogP contribution is 2.36. The Morgan fingerprint density at radius 2 is 1.43 bits per heavy atom. The van der Waals surface area contributed by atoms with E-state index in [-0.39, 0.29) is 18.1 Å². The normalized spacial score (nSPS) is 12.6. The molecule has 0 heterocycles. The summed E-state index contributed by atoms with van der Waals surface area (Å²) >= 11 is 0. The maximum atomic E-state index is 12.0. The summed E-state index contributed by atoms with van der Waals surface area (Å²) in [4.78, 5) is 12.0. The largest absolute Gasteiger partial charge is 0.504 e. The van der Waals surface area contributed by atoms with Gasteiger partial charge in [-0.15, -0.1) is 0 Å². The van der Waals surface area contributed by atoms with Gasteiger partial charge in [0.15, 0.2) is 11.5 Å². The van der Waals surface area contributed by atoms with E-state index >= 15 is 0 Å².